The topological polar surface area (TPSA) is 59.2 Å². The number of likely N-dealkylation sites (N-methyl/N-ethyl adjacent to an activating group) is 1. The normalized spacial score (nSPS) is 12.9. The van der Waals surface area contributed by atoms with E-state index >= 15 is 0 Å². The van der Waals surface area contributed by atoms with Crippen molar-refractivity contribution in [3.05, 3.63) is 16.1 Å². The molecule has 0 saturated heterocycles. The molecule has 0 aliphatic heterocycles. The Morgan fingerprint density at radius 2 is 2.19 bits per heavy atom. The summed E-state index contributed by atoms with van der Waals surface area (Å²) in [6.45, 7) is 4.13. The van der Waals surface area contributed by atoms with E-state index < -0.39 is 0 Å². The van der Waals surface area contributed by atoms with Crippen LogP contribution in [0.5, 0.6) is 0 Å². The van der Waals surface area contributed by atoms with E-state index in [9.17, 15) is 4.79 Å². The molecule has 16 heavy (non-hydrogen) atoms. The maximum absolute atomic E-state index is 11.5. The molecule has 1 aromatic heterocycles. The van der Waals surface area contributed by atoms with Gasteiger partial charge < -0.3 is 10.6 Å². The molecule has 0 saturated carbocycles. The summed E-state index contributed by atoms with van der Waals surface area (Å²) < 4.78 is 0. The van der Waals surface area contributed by atoms with Gasteiger partial charge in [-0.15, -0.1) is 11.3 Å². The third-order valence-corrected chi connectivity index (χ3v) is 3.40. The highest BCUT2D eigenvalue weighted by Gasteiger charge is 2.16. The molecule has 5 heteroatoms. The van der Waals surface area contributed by atoms with Gasteiger partial charge >= 0.3 is 0 Å². The summed E-state index contributed by atoms with van der Waals surface area (Å²) in [6, 6.07) is -0.0341. The van der Waals surface area contributed by atoms with Crippen LogP contribution in [0.3, 0.4) is 0 Å². The summed E-state index contributed by atoms with van der Waals surface area (Å²) in [5.41, 5.74) is 6.81. The molecule has 1 unspecified atom stereocenters. The third kappa shape index (κ3) is 3.28. The summed E-state index contributed by atoms with van der Waals surface area (Å²) in [6.07, 6.45) is 0.355. The van der Waals surface area contributed by atoms with Gasteiger partial charge in [0.05, 0.1) is 18.2 Å². The second-order valence-corrected chi connectivity index (χ2v) is 5.30. The van der Waals surface area contributed by atoms with Gasteiger partial charge in [0.2, 0.25) is 5.91 Å². The number of carbonyl (C=O) groups is 1. The fraction of sp³-hybridized carbons (Fsp3) is 0.636. The van der Waals surface area contributed by atoms with Crippen LogP contribution < -0.4 is 5.73 Å². The molecule has 2 N–H and O–H groups in total. The van der Waals surface area contributed by atoms with Gasteiger partial charge in [-0.1, -0.05) is 13.8 Å². The number of nitrogens with zero attached hydrogens (tertiary/aromatic N) is 2. The zero-order valence-electron chi connectivity index (χ0n) is 10.2. The minimum Gasteiger partial charge on any atom is -0.348 e. The predicted molar refractivity (Wildman–Crippen MR) is 66.3 cm³/mol. The minimum absolute atomic E-state index is 0.0341. The number of amides is 1. The maximum Gasteiger partial charge on any atom is 0.228 e. The van der Waals surface area contributed by atoms with Gasteiger partial charge in [0, 0.05) is 19.5 Å². The Bertz CT molecular complexity index is 360. The summed E-state index contributed by atoms with van der Waals surface area (Å²) in [5, 5.41) is 2.83. The summed E-state index contributed by atoms with van der Waals surface area (Å²) in [7, 11) is 3.49. The first-order chi connectivity index (χ1) is 7.41. The van der Waals surface area contributed by atoms with Gasteiger partial charge in [-0.2, -0.15) is 0 Å². The quantitative estimate of drug-likeness (QED) is 0.867. The fourth-order valence-corrected chi connectivity index (χ4v) is 2.15. The van der Waals surface area contributed by atoms with Gasteiger partial charge in [-0.3, -0.25) is 4.79 Å². The average Bonchev–Trinajstić information content (AvgIpc) is 2.64. The Balaban J connectivity index is 2.68. The first-order valence-corrected chi connectivity index (χ1v) is 6.19. The first kappa shape index (κ1) is 13.1. The molecule has 1 heterocycles. The maximum atomic E-state index is 11.5. The molecule has 0 fully saturated rings. The number of hydrogen-bond donors (Lipinski definition) is 1. The van der Waals surface area contributed by atoms with Crippen LogP contribution in [0.25, 0.3) is 0 Å². The molecule has 0 spiro atoms. The monoisotopic (exact) mass is 241 g/mol. The van der Waals surface area contributed by atoms with Gasteiger partial charge in [-0.25, -0.2) is 4.98 Å². The Labute approximate surface area is 100 Å². The summed E-state index contributed by atoms with van der Waals surface area (Å²) >= 11 is 1.53. The standard InChI is InChI=1S/C11H19N3OS/c1-7(2)10(12)11-13-8(6-16-11)5-9(15)14(3)4/h6-7,10H,5,12H2,1-4H3. The Morgan fingerprint density at radius 3 is 2.69 bits per heavy atom. The van der Waals surface area contributed by atoms with Crippen molar-refractivity contribution in [2.75, 3.05) is 14.1 Å². The number of thiazole rings is 1. The molecular formula is C11H19N3OS. The SMILES string of the molecule is CC(C)C(N)c1nc(CC(=O)N(C)C)cs1. The van der Waals surface area contributed by atoms with Gasteiger partial charge in [0.25, 0.3) is 0 Å². The van der Waals surface area contributed by atoms with Crippen LogP contribution in [0.1, 0.15) is 30.6 Å². The van der Waals surface area contributed by atoms with Crippen LogP contribution >= 0.6 is 11.3 Å². The molecule has 1 rings (SSSR count). The van der Waals surface area contributed by atoms with Crippen molar-refractivity contribution in [1.82, 2.24) is 9.88 Å². The van der Waals surface area contributed by atoms with Crippen LogP contribution in [0, 0.1) is 5.92 Å². The van der Waals surface area contributed by atoms with Gasteiger partial charge in [0.15, 0.2) is 0 Å². The Kier molecular flexibility index (Phi) is 4.44. The van der Waals surface area contributed by atoms with E-state index in [1.807, 2.05) is 5.38 Å². The van der Waals surface area contributed by atoms with Crippen LogP contribution in [-0.2, 0) is 11.2 Å². The minimum atomic E-state index is -0.0341. The van der Waals surface area contributed by atoms with Crippen LogP contribution in [0.4, 0.5) is 0 Å². The van der Waals surface area contributed by atoms with Crippen molar-refractivity contribution in [1.29, 1.82) is 0 Å². The van der Waals surface area contributed by atoms with Crippen LogP contribution in [-0.4, -0.2) is 29.9 Å². The van der Waals surface area contributed by atoms with E-state index in [1.165, 1.54) is 11.3 Å². The summed E-state index contributed by atoms with van der Waals surface area (Å²) in [5.74, 6) is 0.429. The van der Waals surface area contributed by atoms with E-state index in [1.54, 1.807) is 19.0 Å². The lowest BCUT2D eigenvalue weighted by atomic mass is 10.1. The molecule has 1 amide bonds. The second-order valence-electron chi connectivity index (χ2n) is 4.41. The second kappa shape index (κ2) is 5.41. The van der Waals surface area contributed by atoms with E-state index in [0.717, 1.165) is 10.7 Å². The molecule has 0 bridgehead atoms. The van der Waals surface area contributed by atoms with Crippen molar-refractivity contribution in [3.8, 4) is 0 Å². The molecule has 0 radical (unpaired) electrons. The lowest BCUT2D eigenvalue weighted by Crippen LogP contribution is -2.23. The van der Waals surface area contributed by atoms with E-state index in [0.29, 0.717) is 12.3 Å². The highest BCUT2D eigenvalue weighted by molar-refractivity contribution is 7.09. The average molecular weight is 241 g/mol. The Hall–Kier alpha value is -0.940. The smallest absolute Gasteiger partial charge is 0.228 e. The Morgan fingerprint density at radius 1 is 1.56 bits per heavy atom. The predicted octanol–water partition coefficient (Wildman–Crippen LogP) is 1.43. The first-order valence-electron chi connectivity index (χ1n) is 5.32. The van der Waals surface area contributed by atoms with E-state index in [4.69, 9.17) is 5.73 Å². The molecular weight excluding hydrogens is 222 g/mol. The number of rotatable bonds is 4. The fourth-order valence-electron chi connectivity index (χ4n) is 1.16. The number of hydrogen-bond acceptors (Lipinski definition) is 4. The number of aromatic nitrogens is 1. The summed E-state index contributed by atoms with van der Waals surface area (Å²) in [4.78, 5) is 17.5. The largest absolute Gasteiger partial charge is 0.348 e. The molecule has 0 aromatic carbocycles. The van der Waals surface area contributed by atoms with E-state index in [-0.39, 0.29) is 11.9 Å². The highest BCUT2D eigenvalue weighted by atomic mass is 32.1. The number of nitrogens with two attached hydrogens (primary N) is 1. The van der Waals surface area contributed by atoms with Gasteiger partial charge in [-0.05, 0) is 5.92 Å². The lowest BCUT2D eigenvalue weighted by Gasteiger charge is -2.11. The third-order valence-electron chi connectivity index (χ3n) is 2.40. The molecule has 4 nitrogen and oxygen atoms in total. The molecule has 1 atom stereocenters. The van der Waals surface area contributed by atoms with Gasteiger partial charge in [0.1, 0.15) is 5.01 Å². The van der Waals surface area contributed by atoms with Crippen LogP contribution in [0.15, 0.2) is 5.38 Å². The van der Waals surface area contributed by atoms with Crippen molar-refractivity contribution >= 4 is 17.2 Å². The number of carbonyl (C=O) groups excluding carboxylic acids is 1. The molecule has 90 valence electrons. The molecule has 0 aliphatic rings. The van der Waals surface area contributed by atoms with E-state index in [2.05, 4.69) is 18.8 Å². The van der Waals surface area contributed by atoms with Crippen LogP contribution in [0.2, 0.25) is 0 Å². The van der Waals surface area contributed by atoms with Crippen molar-refractivity contribution in [3.63, 3.8) is 0 Å². The highest BCUT2D eigenvalue weighted by Crippen LogP contribution is 2.22. The molecule has 0 aliphatic carbocycles. The van der Waals surface area contributed by atoms with Crippen molar-refractivity contribution < 1.29 is 4.79 Å². The van der Waals surface area contributed by atoms with Crippen molar-refractivity contribution in [2.24, 2.45) is 11.7 Å². The zero-order valence-corrected chi connectivity index (χ0v) is 11.0. The lowest BCUT2D eigenvalue weighted by molar-refractivity contribution is -0.128. The zero-order chi connectivity index (χ0) is 12.3. The van der Waals surface area contributed by atoms with Crippen molar-refractivity contribution in [2.45, 2.75) is 26.3 Å². The molecule has 1 aromatic rings.